The molecule has 11 nitrogen and oxygen atoms in total. The molecule has 0 N–H and O–H groups in total. The van der Waals surface area contributed by atoms with Crippen molar-refractivity contribution in [3.63, 3.8) is 0 Å². The van der Waals surface area contributed by atoms with Crippen LogP contribution in [-0.2, 0) is 30.7 Å². The molecule has 9 rings (SSSR count). The van der Waals surface area contributed by atoms with E-state index in [-0.39, 0.29) is 29.2 Å². The molecule has 0 saturated carbocycles. The first kappa shape index (κ1) is 39.2. The Morgan fingerprint density at radius 2 is 1.40 bits per heavy atom. The lowest BCUT2D eigenvalue weighted by Gasteiger charge is -2.41. The topological polar surface area (TPSA) is 100 Å². The summed E-state index contributed by atoms with van der Waals surface area (Å²) in [4.78, 5) is 51.2. The van der Waals surface area contributed by atoms with Crippen LogP contribution in [0.4, 0.5) is 16.2 Å². The van der Waals surface area contributed by atoms with Crippen molar-refractivity contribution in [2.75, 3.05) is 44.3 Å². The number of fused-ring (bicyclic) bond motifs is 2. The Hall–Kier alpha value is -6.27. The number of amides is 3. The average molecular weight is 821 g/mol. The van der Waals surface area contributed by atoms with Crippen molar-refractivity contribution in [3.8, 4) is 11.4 Å². The smallest absolute Gasteiger partial charge is 0.410 e. The number of rotatable bonds is 8. The fourth-order valence-electron chi connectivity index (χ4n) is 8.48. The zero-order valence-electron chi connectivity index (χ0n) is 33.4. The van der Waals surface area contributed by atoms with Crippen LogP contribution in [0.2, 0.25) is 5.02 Å². The average Bonchev–Trinajstić information content (AvgIpc) is 3.59. The van der Waals surface area contributed by atoms with E-state index in [2.05, 4.69) is 23.1 Å². The summed E-state index contributed by atoms with van der Waals surface area (Å²) < 4.78 is 13.0. The summed E-state index contributed by atoms with van der Waals surface area (Å²) in [5.74, 6) is -0.111. The van der Waals surface area contributed by atoms with Crippen molar-refractivity contribution >= 4 is 40.9 Å². The molecule has 3 amide bonds. The van der Waals surface area contributed by atoms with Crippen LogP contribution in [0.3, 0.4) is 0 Å². The van der Waals surface area contributed by atoms with Crippen molar-refractivity contribution in [3.05, 3.63) is 172 Å². The maximum Gasteiger partial charge on any atom is 0.415 e. The Kier molecular flexibility index (Phi) is 11.2. The summed E-state index contributed by atoms with van der Waals surface area (Å²) in [5, 5.41) is 5.14. The van der Waals surface area contributed by atoms with Crippen LogP contribution >= 0.6 is 11.6 Å². The number of aromatic nitrogens is 2. The maximum absolute atomic E-state index is 15.4. The molecule has 1 aromatic heterocycles. The Balaban J connectivity index is 1.13. The second kappa shape index (κ2) is 17.1. The molecule has 0 bridgehead atoms. The molecule has 5 aromatic carbocycles. The number of anilines is 2. The molecule has 1 saturated heterocycles. The van der Waals surface area contributed by atoms with E-state index in [1.54, 1.807) is 26.6 Å². The van der Waals surface area contributed by atoms with Gasteiger partial charge in [-0.1, -0.05) is 90.5 Å². The molecular formula is C48H45ClN6O5. The molecule has 0 radical (unpaired) electrons. The van der Waals surface area contributed by atoms with Crippen LogP contribution in [-0.4, -0.2) is 87.8 Å². The van der Waals surface area contributed by atoms with Gasteiger partial charge in [-0.15, -0.1) is 0 Å². The van der Waals surface area contributed by atoms with Crippen molar-refractivity contribution < 1.29 is 23.9 Å². The van der Waals surface area contributed by atoms with Crippen LogP contribution in [0.1, 0.15) is 48.8 Å². The second-order valence-electron chi connectivity index (χ2n) is 15.4. The lowest BCUT2D eigenvalue weighted by molar-refractivity contribution is 0.0192. The summed E-state index contributed by atoms with van der Waals surface area (Å²) in [6, 6.07) is 39.9. The standard InChI is InChI=1S/C48H45ClN6O5/c1-33-44(49)45(47(57)54(38-15-5-2-6-16-38)39-17-7-3-8-18-39)50-55(33)43-29-35-21-22-52(48(58)60-41-19-9-4-10-20-41)30-37(35)28-42(43)46(56)53-31-36-14-12-11-13-34(36)27-40(53)32-51-23-25-59-26-24-51/h2-20,28-29,40H,21-27,30-32H2,1H3/t40-/m0/s1. The summed E-state index contributed by atoms with van der Waals surface area (Å²) in [6.07, 6.45) is 0.771. The van der Waals surface area contributed by atoms with E-state index in [0.29, 0.717) is 79.8 Å². The predicted octanol–water partition coefficient (Wildman–Crippen LogP) is 8.27. The molecule has 1 atom stereocenters. The molecular weight excluding hydrogens is 776 g/mol. The van der Waals surface area contributed by atoms with Gasteiger partial charge in [0.15, 0.2) is 5.69 Å². The summed E-state index contributed by atoms with van der Waals surface area (Å²) in [6.45, 7) is 6.52. The highest BCUT2D eigenvalue weighted by Gasteiger charge is 2.36. The molecule has 0 unspecified atom stereocenters. The van der Waals surface area contributed by atoms with E-state index >= 15 is 4.79 Å². The van der Waals surface area contributed by atoms with Crippen molar-refractivity contribution in [1.29, 1.82) is 0 Å². The number of nitrogens with zero attached hydrogens (tertiary/aromatic N) is 6. The first-order valence-corrected chi connectivity index (χ1v) is 20.8. The normalized spacial score (nSPS) is 16.5. The van der Waals surface area contributed by atoms with Crippen molar-refractivity contribution in [1.82, 2.24) is 24.5 Å². The number of hydrogen-bond acceptors (Lipinski definition) is 7. The van der Waals surface area contributed by atoms with E-state index in [4.69, 9.17) is 26.2 Å². The number of ether oxygens (including phenoxy) is 2. The Bertz CT molecular complexity index is 2490. The number of benzene rings is 5. The molecule has 6 aromatic rings. The summed E-state index contributed by atoms with van der Waals surface area (Å²) in [5.41, 5.74) is 6.97. The van der Waals surface area contributed by atoms with Crippen LogP contribution in [0.15, 0.2) is 127 Å². The van der Waals surface area contributed by atoms with Gasteiger partial charge in [0.05, 0.1) is 35.2 Å². The molecule has 304 valence electrons. The zero-order valence-corrected chi connectivity index (χ0v) is 34.1. The summed E-state index contributed by atoms with van der Waals surface area (Å²) in [7, 11) is 0. The first-order chi connectivity index (χ1) is 29.3. The number of carbonyl (C=O) groups excluding carboxylic acids is 3. The van der Waals surface area contributed by atoms with Gasteiger partial charge in [-0.3, -0.25) is 19.4 Å². The van der Waals surface area contributed by atoms with Gasteiger partial charge in [-0.2, -0.15) is 5.10 Å². The van der Waals surface area contributed by atoms with Gasteiger partial charge >= 0.3 is 6.09 Å². The SMILES string of the molecule is Cc1c(Cl)c(C(=O)N(c2ccccc2)c2ccccc2)nn1-c1cc2c(cc1C(=O)N1Cc3ccccc3C[C@H]1CN1CCOCC1)CN(C(=O)Oc1ccccc1)CC2. The van der Waals surface area contributed by atoms with E-state index < -0.39 is 12.0 Å². The summed E-state index contributed by atoms with van der Waals surface area (Å²) >= 11 is 7.11. The Labute approximate surface area is 354 Å². The van der Waals surface area contributed by atoms with Crippen molar-refractivity contribution in [2.24, 2.45) is 0 Å². The van der Waals surface area contributed by atoms with Gasteiger partial charge in [0.25, 0.3) is 11.8 Å². The minimum absolute atomic E-state index is 0.0601. The molecule has 4 heterocycles. The van der Waals surface area contributed by atoms with E-state index in [0.717, 1.165) is 29.8 Å². The number of para-hydroxylation sites is 3. The number of hydrogen-bond donors (Lipinski definition) is 0. The van der Waals surface area contributed by atoms with Gasteiger partial charge in [0, 0.05) is 56.7 Å². The monoisotopic (exact) mass is 820 g/mol. The van der Waals surface area contributed by atoms with Gasteiger partial charge in [-0.05, 0) is 90.6 Å². The highest BCUT2D eigenvalue weighted by Crippen LogP contribution is 2.35. The molecule has 12 heteroatoms. The van der Waals surface area contributed by atoms with E-state index in [9.17, 15) is 9.59 Å². The molecule has 3 aliphatic rings. The lowest BCUT2D eigenvalue weighted by Crippen LogP contribution is -2.52. The Morgan fingerprint density at radius 3 is 2.08 bits per heavy atom. The minimum atomic E-state index is -0.457. The largest absolute Gasteiger partial charge is 0.415 e. The lowest BCUT2D eigenvalue weighted by atomic mass is 9.91. The zero-order chi connectivity index (χ0) is 41.2. The van der Waals surface area contributed by atoms with Crippen LogP contribution in [0, 0.1) is 6.92 Å². The third-order valence-electron chi connectivity index (χ3n) is 11.7. The molecule has 60 heavy (non-hydrogen) atoms. The molecule has 0 aliphatic carbocycles. The number of halogens is 1. The van der Waals surface area contributed by atoms with Gasteiger partial charge in [0.2, 0.25) is 0 Å². The van der Waals surface area contributed by atoms with Crippen LogP contribution in [0.5, 0.6) is 5.75 Å². The predicted molar refractivity (Wildman–Crippen MR) is 230 cm³/mol. The highest BCUT2D eigenvalue weighted by atomic mass is 35.5. The van der Waals surface area contributed by atoms with Crippen LogP contribution in [0.25, 0.3) is 5.69 Å². The maximum atomic E-state index is 15.4. The molecule has 0 spiro atoms. The van der Waals surface area contributed by atoms with E-state index in [1.165, 1.54) is 5.56 Å². The second-order valence-corrected chi connectivity index (χ2v) is 15.8. The third kappa shape index (κ3) is 7.91. The third-order valence-corrected chi connectivity index (χ3v) is 12.1. The van der Waals surface area contributed by atoms with E-state index in [1.807, 2.05) is 109 Å². The van der Waals surface area contributed by atoms with Crippen molar-refractivity contribution in [2.45, 2.75) is 38.9 Å². The highest BCUT2D eigenvalue weighted by molar-refractivity contribution is 6.35. The fraction of sp³-hybridized carbons (Fsp3) is 0.250. The quantitative estimate of drug-likeness (QED) is 0.153. The number of morpholine rings is 1. The minimum Gasteiger partial charge on any atom is -0.410 e. The van der Waals surface area contributed by atoms with Gasteiger partial charge in [-0.25, -0.2) is 9.48 Å². The molecule has 1 fully saturated rings. The van der Waals surface area contributed by atoms with Gasteiger partial charge < -0.3 is 19.3 Å². The Morgan fingerprint density at radius 1 is 0.767 bits per heavy atom. The van der Waals surface area contributed by atoms with Gasteiger partial charge in [0.1, 0.15) is 5.75 Å². The number of carbonyl (C=O) groups is 3. The molecule has 3 aliphatic heterocycles. The fourth-order valence-corrected chi connectivity index (χ4v) is 8.67. The first-order valence-electron chi connectivity index (χ1n) is 20.4. The van der Waals surface area contributed by atoms with Crippen LogP contribution < -0.4 is 9.64 Å².